The molecule has 0 radical (unpaired) electrons. The Hall–Kier alpha value is -2.73. The molecule has 0 unspecified atom stereocenters. The topological polar surface area (TPSA) is 214 Å². The monoisotopic (exact) mass is 417 g/mol. The molecule has 0 aliphatic heterocycles. The van der Waals surface area contributed by atoms with Crippen molar-refractivity contribution in [3.63, 3.8) is 0 Å². The summed E-state index contributed by atoms with van der Waals surface area (Å²) in [5.41, 5.74) is 11.0. The number of carboxylic acid groups (broad SMARTS) is 2. The number of unbranched alkanes of at least 4 members (excludes halogenated alkanes) is 1. The molecule has 0 bridgehead atoms. The van der Waals surface area contributed by atoms with Gasteiger partial charge in [-0.25, -0.2) is 4.79 Å². The van der Waals surface area contributed by atoms with Gasteiger partial charge in [-0.1, -0.05) is 20.3 Å². The van der Waals surface area contributed by atoms with E-state index in [1.165, 1.54) is 0 Å². The van der Waals surface area contributed by atoms with Crippen LogP contribution in [0.3, 0.4) is 0 Å². The molecule has 0 aliphatic carbocycles. The Kier molecular flexibility index (Phi) is 12.2. The molecule has 0 rings (SSSR count). The average Bonchev–Trinajstić information content (AvgIpc) is 2.62. The van der Waals surface area contributed by atoms with E-state index in [-0.39, 0.29) is 0 Å². The highest BCUT2D eigenvalue weighted by atomic mass is 16.4. The molecule has 0 aromatic heterocycles. The highest BCUT2D eigenvalue weighted by Gasteiger charge is 2.30. The molecule has 0 heterocycles. The maximum Gasteiger partial charge on any atom is 0.326 e. The van der Waals surface area contributed by atoms with Gasteiger partial charge in [0.1, 0.15) is 12.1 Å². The van der Waals surface area contributed by atoms with Gasteiger partial charge >= 0.3 is 11.9 Å². The Morgan fingerprint density at radius 2 is 1.59 bits per heavy atom. The maximum atomic E-state index is 12.3. The second-order valence-corrected chi connectivity index (χ2v) is 6.90. The smallest absolute Gasteiger partial charge is 0.326 e. The lowest BCUT2D eigenvalue weighted by Gasteiger charge is -2.22. The lowest BCUT2D eigenvalue weighted by atomic mass is 10.0. The van der Waals surface area contributed by atoms with E-state index in [1.54, 1.807) is 13.8 Å². The standard InChI is InChI=1S/C17H31N5O7/c1-9(2)14(17(28)29)22-16(27)11(7-13(24)25)21-12(23)8-20-15(26)10(19)5-3-4-6-18/h9-11,14H,3-8,18-19H2,1-2H3,(H,20,26)(H,21,23)(H,22,27)(H,24,25)(H,28,29)/t10-,11-,14-/m0/s1. The predicted molar refractivity (Wildman–Crippen MR) is 102 cm³/mol. The van der Waals surface area contributed by atoms with Crippen LogP contribution < -0.4 is 27.4 Å². The first-order valence-corrected chi connectivity index (χ1v) is 9.27. The number of carbonyl (C=O) groups is 5. The molecular weight excluding hydrogens is 386 g/mol. The van der Waals surface area contributed by atoms with Crippen molar-refractivity contribution in [3.8, 4) is 0 Å². The minimum absolute atomic E-state index is 0.389. The molecule has 3 amide bonds. The largest absolute Gasteiger partial charge is 0.481 e. The van der Waals surface area contributed by atoms with Crippen LogP contribution in [0.5, 0.6) is 0 Å². The number of hydrogen-bond donors (Lipinski definition) is 7. The molecule has 29 heavy (non-hydrogen) atoms. The highest BCUT2D eigenvalue weighted by molar-refractivity contribution is 5.94. The van der Waals surface area contributed by atoms with Crippen molar-refractivity contribution in [2.45, 2.75) is 57.7 Å². The van der Waals surface area contributed by atoms with Crippen LogP contribution in [0.1, 0.15) is 39.5 Å². The second-order valence-electron chi connectivity index (χ2n) is 6.90. The first-order valence-electron chi connectivity index (χ1n) is 9.27. The molecule has 0 aromatic carbocycles. The molecular formula is C17H31N5O7. The van der Waals surface area contributed by atoms with E-state index in [2.05, 4.69) is 16.0 Å². The van der Waals surface area contributed by atoms with E-state index in [1.807, 2.05) is 0 Å². The normalized spacial score (nSPS) is 13.8. The fourth-order valence-corrected chi connectivity index (χ4v) is 2.33. The summed E-state index contributed by atoms with van der Waals surface area (Å²) in [6.07, 6.45) is 0.995. The third-order valence-electron chi connectivity index (χ3n) is 3.99. The highest BCUT2D eigenvalue weighted by Crippen LogP contribution is 2.04. The first kappa shape index (κ1) is 26.3. The summed E-state index contributed by atoms with van der Waals surface area (Å²) in [6, 6.07) is -3.58. The number of rotatable bonds is 14. The number of carboxylic acids is 2. The van der Waals surface area contributed by atoms with Crippen molar-refractivity contribution in [1.82, 2.24) is 16.0 Å². The van der Waals surface area contributed by atoms with Gasteiger partial charge in [-0.3, -0.25) is 19.2 Å². The summed E-state index contributed by atoms with van der Waals surface area (Å²) in [5, 5.41) is 24.8. The van der Waals surface area contributed by atoms with Crippen LogP contribution in [0.25, 0.3) is 0 Å². The predicted octanol–water partition coefficient (Wildman–Crippen LogP) is -2.26. The van der Waals surface area contributed by atoms with E-state index < -0.39 is 66.7 Å². The molecule has 9 N–H and O–H groups in total. The molecule has 3 atom stereocenters. The zero-order valence-corrected chi connectivity index (χ0v) is 16.6. The van der Waals surface area contributed by atoms with Crippen LogP contribution in [-0.2, 0) is 24.0 Å². The van der Waals surface area contributed by atoms with Gasteiger partial charge in [0.05, 0.1) is 19.0 Å². The van der Waals surface area contributed by atoms with Gasteiger partial charge < -0.3 is 37.6 Å². The second kappa shape index (κ2) is 13.4. The molecule has 0 aromatic rings. The van der Waals surface area contributed by atoms with Crippen molar-refractivity contribution >= 4 is 29.7 Å². The van der Waals surface area contributed by atoms with E-state index >= 15 is 0 Å². The molecule has 0 spiro atoms. The van der Waals surface area contributed by atoms with Gasteiger partial charge in [0, 0.05) is 0 Å². The maximum absolute atomic E-state index is 12.3. The van der Waals surface area contributed by atoms with Crippen molar-refractivity contribution in [1.29, 1.82) is 0 Å². The number of aliphatic carboxylic acids is 2. The molecule has 12 heteroatoms. The van der Waals surface area contributed by atoms with Gasteiger partial charge in [0.15, 0.2) is 0 Å². The minimum atomic E-state index is -1.50. The summed E-state index contributed by atoms with van der Waals surface area (Å²) < 4.78 is 0. The molecule has 0 fully saturated rings. The summed E-state index contributed by atoms with van der Waals surface area (Å²) in [4.78, 5) is 58.3. The lowest BCUT2D eigenvalue weighted by molar-refractivity contribution is -0.144. The van der Waals surface area contributed by atoms with Gasteiger partial charge in [0.25, 0.3) is 0 Å². The van der Waals surface area contributed by atoms with Gasteiger partial charge in [-0.2, -0.15) is 0 Å². The minimum Gasteiger partial charge on any atom is -0.481 e. The van der Waals surface area contributed by atoms with Crippen molar-refractivity contribution in [3.05, 3.63) is 0 Å². The van der Waals surface area contributed by atoms with Crippen LogP contribution in [0, 0.1) is 5.92 Å². The molecule has 12 nitrogen and oxygen atoms in total. The van der Waals surface area contributed by atoms with E-state index in [0.29, 0.717) is 25.8 Å². The number of nitrogens with one attached hydrogen (secondary N) is 3. The fourth-order valence-electron chi connectivity index (χ4n) is 2.33. The molecule has 0 saturated heterocycles. The Morgan fingerprint density at radius 1 is 0.966 bits per heavy atom. The van der Waals surface area contributed by atoms with Crippen LogP contribution in [0.4, 0.5) is 0 Å². The van der Waals surface area contributed by atoms with Gasteiger partial charge in [0.2, 0.25) is 17.7 Å². The van der Waals surface area contributed by atoms with Crippen LogP contribution in [0.2, 0.25) is 0 Å². The van der Waals surface area contributed by atoms with Crippen LogP contribution in [-0.4, -0.2) is 71.1 Å². The zero-order valence-electron chi connectivity index (χ0n) is 16.6. The van der Waals surface area contributed by atoms with Crippen molar-refractivity contribution < 1.29 is 34.2 Å². The third-order valence-corrected chi connectivity index (χ3v) is 3.99. The summed E-state index contributed by atoms with van der Waals surface area (Å²) in [7, 11) is 0. The average molecular weight is 417 g/mol. The quantitative estimate of drug-likeness (QED) is 0.152. The summed E-state index contributed by atoms with van der Waals surface area (Å²) in [5.74, 6) is -5.45. The van der Waals surface area contributed by atoms with Gasteiger partial charge in [-0.15, -0.1) is 0 Å². The van der Waals surface area contributed by atoms with E-state index in [9.17, 15) is 24.0 Å². The summed E-state index contributed by atoms with van der Waals surface area (Å²) >= 11 is 0. The first-order chi connectivity index (χ1) is 13.5. The van der Waals surface area contributed by atoms with Crippen molar-refractivity contribution in [2.75, 3.05) is 13.1 Å². The number of amides is 3. The van der Waals surface area contributed by atoms with Gasteiger partial charge in [-0.05, 0) is 25.3 Å². The number of hydrogen-bond acceptors (Lipinski definition) is 7. The molecule has 166 valence electrons. The Bertz CT molecular complexity index is 597. The third kappa shape index (κ3) is 11.0. The zero-order chi connectivity index (χ0) is 22.6. The number of carbonyl (C=O) groups excluding carboxylic acids is 3. The van der Waals surface area contributed by atoms with E-state index in [4.69, 9.17) is 21.7 Å². The Morgan fingerprint density at radius 3 is 2.07 bits per heavy atom. The summed E-state index contributed by atoms with van der Waals surface area (Å²) in [6.45, 7) is 3.09. The molecule has 0 aliphatic rings. The SMILES string of the molecule is CC(C)[C@H](NC(=O)[C@H](CC(=O)O)NC(=O)CNC(=O)[C@@H](N)CCCCN)C(=O)O. The molecule has 0 saturated carbocycles. The fraction of sp³-hybridized carbons (Fsp3) is 0.706. The number of nitrogens with two attached hydrogens (primary N) is 2. The van der Waals surface area contributed by atoms with Crippen LogP contribution in [0.15, 0.2) is 0 Å². The van der Waals surface area contributed by atoms with E-state index in [0.717, 1.165) is 0 Å². The van der Waals surface area contributed by atoms with Crippen molar-refractivity contribution in [2.24, 2.45) is 17.4 Å². The Balaban J connectivity index is 4.78. The lowest BCUT2D eigenvalue weighted by Crippen LogP contribution is -2.55. The Labute approximate surface area is 168 Å². The van der Waals surface area contributed by atoms with Crippen LogP contribution >= 0.6 is 0 Å².